The zero-order chi connectivity index (χ0) is 15.8. The van der Waals surface area contributed by atoms with Crippen molar-refractivity contribution in [1.82, 2.24) is 4.98 Å². The van der Waals surface area contributed by atoms with Gasteiger partial charge in [-0.1, -0.05) is 25.5 Å². The van der Waals surface area contributed by atoms with E-state index in [1.165, 1.54) is 0 Å². The van der Waals surface area contributed by atoms with E-state index in [-0.39, 0.29) is 5.91 Å². The summed E-state index contributed by atoms with van der Waals surface area (Å²) in [5, 5.41) is 15.0. The molecule has 0 saturated carbocycles. The third kappa shape index (κ3) is 4.32. The number of rotatable bonds is 6. The SMILES string of the molecule is CCCCC(=O)Nc1ccc(Nc2ccccc2C#N)nc1. The van der Waals surface area contributed by atoms with Crippen LogP contribution in [0.5, 0.6) is 0 Å². The Morgan fingerprint density at radius 1 is 1.27 bits per heavy atom. The fraction of sp³-hybridized carbons (Fsp3) is 0.235. The molecule has 0 radical (unpaired) electrons. The molecule has 0 aliphatic carbocycles. The summed E-state index contributed by atoms with van der Waals surface area (Å²) in [5.41, 5.74) is 1.93. The molecule has 2 rings (SSSR count). The lowest BCUT2D eigenvalue weighted by Crippen LogP contribution is -2.11. The van der Waals surface area contributed by atoms with Gasteiger partial charge in [-0.2, -0.15) is 5.26 Å². The van der Waals surface area contributed by atoms with Gasteiger partial charge in [0, 0.05) is 6.42 Å². The number of hydrogen-bond acceptors (Lipinski definition) is 4. The number of para-hydroxylation sites is 1. The van der Waals surface area contributed by atoms with E-state index in [4.69, 9.17) is 5.26 Å². The van der Waals surface area contributed by atoms with Gasteiger partial charge >= 0.3 is 0 Å². The van der Waals surface area contributed by atoms with E-state index in [0.29, 0.717) is 29.2 Å². The maximum Gasteiger partial charge on any atom is 0.224 e. The van der Waals surface area contributed by atoms with Crippen LogP contribution in [0.25, 0.3) is 0 Å². The summed E-state index contributed by atoms with van der Waals surface area (Å²) in [4.78, 5) is 15.9. The summed E-state index contributed by atoms with van der Waals surface area (Å²) in [6.45, 7) is 2.05. The lowest BCUT2D eigenvalue weighted by molar-refractivity contribution is -0.116. The topological polar surface area (TPSA) is 77.8 Å². The normalized spacial score (nSPS) is 9.82. The van der Waals surface area contributed by atoms with E-state index in [0.717, 1.165) is 12.8 Å². The molecule has 1 aromatic heterocycles. The van der Waals surface area contributed by atoms with Gasteiger partial charge in [-0.15, -0.1) is 0 Å². The first-order valence-corrected chi connectivity index (χ1v) is 7.25. The number of anilines is 3. The van der Waals surface area contributed by atoms with Crippen molar-refractivity contribution >= 4 is 23.1 Å². The maximum absolute atomic E-state index is 11.6. The first-order valence-electron chi connectivity index (χ1n) is 7.25. The minimum absolute atomic E-state index is 0.000754. The van der Waals surface area contributed by atoms with Crippen LogP contribution in [0.3, 0.4) is 0 Å². The molecule has 1 aromatic carbocycles. The monoisotopic (exact) mass is 294 g/mol. The maximum atomic E-state index is 11.6. The molecule has 2 N–H and O–H groups in total. The van der Waals surface area contributed by atoms with Crippen molar-refractivity contribution in [2.24, 2.45) is 0 Å². The quantitative estimate of drug-likeness (QED) is 0.848. The van der Waals surface area contributed by atoms with Gasteiger partial charge in [0.1, 0.15) is 11.9 Å². The molecule has 1 heterocycles. The molecule has 0 unspecified atom stereocenters. The minimum Gasteiger partial charge on any atom is -0.339 e. The molecule has 5 nitrogen and oxygen atoms in total. The Labute approximate surface area is 130 Å². The van der Waals surface area contributed by atoms with Crippen LogP contribution in [0.2, 0.25) is 0 Å². The molecule has 0 atom stereocenters. The Hall–Kier alpha value is -2.87. The number of nitrogens with zero attached hydrogens (tertiary/aromatic N) is 2. The van der Waals surface area contributed by atoms with Crippen LogP contribution < -0.4 is 10.6 Å². The summed E-state index contributed by atoms with van der Waals surface area (Å²) in [7, 11) is 0. The zero-order valence-corrected chi connectivity index (χ0v) is 12.5. The van der Waals surface area contributed by atoms with Crippen molar-refractivity contribution in [3.8, 4) is 6.07 Å². The van der Waals surface area contributed by atoms with Gasteiger partial charge in [0.2, 0.25) is 5.91 Å². The Kier molecular flexibility index (Phi) is 5.50. The van der Waals surface area contributed by atoms with Crippen LogP contribution in [-0.2, 0) is 4.79 Å². The van der Waals surface area contributed by atoms with Gasteiger partial charge in [-0.25, -0.2) is 4.98 Å². The lowest BCUT2D eigenvalue weighted by atomic mass is 10.2. The molecular formula is C17H18N4O. The van der Waals surface area contributed by atoms with Crippen molar-refractivity contribution in [2.75, 3.05) is 10.6 Å². The number of pyridine rings is 1. The molecule has 0 saturated heterocycles. The smallest absolute Gasteiger partial charge is 0.224 e. The van der Waals surface area contributed by atoms with E-state index in [9.17, 15) is 4.79 Å². The van der Waals surface area contributed by atoms with Crippen molar-refractivity contribution in [1.29, 1.82) is 5.26 Å². The largest absolute Gasteiger partial charge is 0.339 e. The van der Waals surface area contributed by atoms with Crippen LogP contribution in [-0.4, -0.2) is 10.9 Å². The van der Waals surface area contributed by atoms with E-state index >= 15 is 0 Å². The zero-order valence-electron chi connectivity index (χ0n) is 12.5. The highest BCUT2D eigenvalue weighted by molar-refractivity contribution is 5.90. The number of carbonyl (C=O) groups excluding carboxylic acids is 1. The fourth-order valence-corrected chi connectivity index (χ4v) is 1.93. The molecular weight excluding hydrogens is 276 g/mol. The first-order chi connectivity index (χ1) is 10.7. The van der Waals surface area contributed by atoms with Gasteiger partial charge in [-0.05, 0) is 30.7 Å². The van der Waals surface area contributed by atoms with Crippen molar-refractivity contribution in [3.05, 3.63) is 48.2 Å². The first kappa shape index (κ1) is 15.5. The third-order valence-electron chi connectivity index (χ3n) is 3.11. The second-order valence-corrected chi connectivity index (χ2v) is 4.87. The molecule has 1 amide bonds. The highest BCUT2D eigenvalue weighted by Crippen LogP contribution is 2.19. The van der Waals surface area contributed by atoms with Gasteiger partial charge in [0.05, 0.1) is 23.1 Å². The molecule has 112 valence electrons. The molecule has 0 aliphatic heterocycles. The number of carbonyl (C=O) groups is 1. The number of hydrogen-bond donors (Lipinski definition) is 2. The van der Waals surface area contributed by atoms with Gasteiger partial charge in [-0.3, -0.25) is 4.79 Å². The second kappa shape index (κ2) is 7.79. The van der Waals surface area contributed by atoms with Crippen molar-refractivity contribution in [3.63, 3.8) is 0 Å². The number of benzene rings is 1. The Morgan fingerprint density at radius 2 is 2.09 bits per heavy atom. The van der Waals surface area contributed by atoms with Gasteiger partial charge in [0.15, 0.2) is 0 Å². The van der Waals surface area contributed by atoms with Crippen molar-refractivity contribution < 1.29 is 4.79 Å². The third-order valence-corrected chi connectivity index (χ3v) is 3.11. The van der Waals surface area contributed by atoms with E-state index in [1.54, 1.807) is 24.4 Å². The predicted octanol–water partition coefficient (Wildman–Crippen LogP) is 3.83. The lowest BCUT2D eigenvalue weighted by Gasteiger charge is -2.08. The Bertz CT molecular complexity index is 674. The standard InChI is InChI=1S/C17H18N4O/c1-2-3-8-17(22)20-14-9-10-16(19-12-14)21-15-7-5-4-6-13(15)11-18/h4-7,9-10,12H,2-3,8H2,1H3,(H,19,21)(H,20,22). The number of nitriles is 1. The molecule has 2 aromatic rings. The Balaban J connectivity index is 2.00. The fourth-order valence-electron chi connectivity index (χ4n) is 1.93. The molecule has 0 fully saturated rings. The van der Waals surface area contributed by atoms with E-state index in [1.807, 2.05) is 25.1 Å². The molecule has 22 heavy (non-hydrogen) atoms. The average molecular weight is 294 g/mol. The molecule has 0 aliphatic rings. The number of aromatic nitrogens is 1. The van der Waals surface area contributed by atoms with Gasteiger partial charge < -0.3 is 10.6 Å². The van der Waals surface area contributed by atoms with Crippen LogP contribution in [0, 0.1) is 11.3 Å². The summed E-state index contributed by atoms with van der Waals surface area (Å²) in [6, 6.07) is 12.9. The summed E-state index contributed by atoms with van der Waals surface area (Å²) >= 11 is 0. The summed E-state index contributed by atoms with van der Waals surface area (Å²) < 4.78 is 0. The number of unbranched alkanes of at least 4 members (excludes halogenated alkanes) is 1. The van der Waals surface area contributed by atoms with E-state index in [2.05, 4.69) is 21.7 Å². The number of amides is 1. The predicted molar refractivity (Wildman–Crippen MR) is 86.8 cm³/mol. The van der Waals surface area contributed by atoms with Gasteiger partial charge in [0.25, 0.3) is 0 Å². The highest BCUT2D eigenvalue weighted by atomic mass is 16.1. The summed E-state index contributed by atoms with van der Waals surface area (Å²) in [6.07, 6.45) is 3.99. The van der Waals surface area contributed by atoms with Crippen LogP contribution in [0.1, 0.15) is 31.7 Å². The van der Waals surface area contributed by atoms with Crippen LogP contribution in [0.4, 0.5) is 17.2 Å². The van der Waals surface area contributed by atoms with Crippen molar-refractivity contribution in [2.45, 2.75) is 26.2 Å². The van der Waals surface area contributed by atoms with Crippen LogP contribution >= 0.6 is 0 Å². The second-order valence-electron chi connectivity index (χ2n) is 4.87. The molecule has 5 heteroatoms. The highest BCUT2D eigenvalue weighted by Gasteiger charge is 2.04. The molecule has 0 spiro atoms. The Morgan fingerprint density at radius 3 is 2.77 bits per heavy atom. The average Bonchev–Trinajstić information content (AvgIpc) is 2.55. The van der Waals surface area contributed by atoms with E-state index < -0.39 is 0 Å². The minimum atomic E-state index is -0.000754. The number of nitrogens with one attached hydrogen (secondary N) is 2. The van der Waals surface area contributed by atoms with Crippen LogP contribution in [0.15, 0.2) is 42.6 Å². The summed E-state index contributed by atoms with van der Waals surface area (Å²) in [5.74, 6) is 0.619. The molecule has 0 bridgehead atoms.